The van der Waals surface area contributed by atoms with Crippen LogP contribution in [-0.4, -0.2) is 8.07 Å². The van der Waals surface area contributed by atoms with Gasteiger partial charge in [0, 0.05) is 0 Å². The van der Waals surface area contributed by atoms with Gasteiger partial charge in [0.25, 0.3) is 0 Å². The minimum atomic E-state index is -1.21. The van der Waals surface area contributed by atoms with E-state index in [0.29, 0.717) is 0 Å². The lowest BCUT2D eigenvalue weighted by molar-refractivity contribution is 0.804. The van der Waals surface area contributed by atoms with Gasteiger partial charge in [0.2, 0.25) is 0 Å². The lowest BCUT2D eigenvalue weighted by atomic mass is 10.1. The predicted molar refractivity (Wildman–Crippen MR) is 85.5 cm³/mol. The molecule has 98 valence electrons. The Bertz CT molecular complexity index is 426. The number of hydrogen-bond acceptors (Lipinski definition) is 0. The number of unbranched alkanes of at least 4 members (excludes halogenated alkanes) is 1. The number of rotatable bonds is 5. The van der Waals surface area contributed by atoms with Crippen LogP contribution >= 0.6 is 0 Å². The van der Waals surface area contributed by atoms with Gasteiger partial charge in [0.1, 0.15) is 0 Å². The molecule has 18 heavy (non-hydrogen) atoms. The van der Waals surface area contributed by atoms with Gasteiger partial charge < -0.3 is 0 Å². The third-order valence-corrected chi connectivity index (χ3v) is 5.38. The zero-order valence-electron chi connectivity index (χ0n) is 12.5. The van der Waals surface area contributed by atoms with E-state index in [1.54, 1.807) is 5.20 Å². The molecule has 0 spiro atoms. The van der Waals surface area contributed by atoms with Crippen LogP contribution in [0.1, 0.15) is 37.3 Å². The molecular formula is C17H26Si. The summed E-state index contributed by atoms with van der Waals surface area (Å²) in [6.07, 6.45) is 5.92. The van der Waals surface area contributed by atoms with E-state index < -0.39 is 8.07 Å². The fraction of sp³-hybridized carbons (Fsp3) is 0.471. The fourth-order valence-corrected chi connectivity index (χ4v) is 3.28. The lowest BCUT2D eigenvalue weighted by Crippen LogP contribution is -2.23. The molecule has 0 aliphatic heterocycles. The molecule has 0 atom stereocenters. The van der Waals surface area contributed by atoms with E-state index in [9.17, 15) is 0 Å². The Hall–Kier alpha value is -1.04. The highest BCUT2D eigenvalue weighted by Crippen LogP contribution is 2.20. The van der Waals surface area contributed by atoms with Crippen LogP contribution in [0.4, 0.5) is 0 Å². The SMILES string of the molecule is CCCCC(=C=Cc1ccc(C)cc1)[Si](C)(C)C. The lowest BCUT2D eigenvalue weighted by Gasteiger charge is -2.18. The molecule has 0 amide bonds. The Balaban J connectivity index is 2.96. The standard InChI is InChI=1S/C17H26Si/c1-6-7-8-17(18(3,4)5)14-13-16-11-9-15(2)10-12-16/h9-13H,6-8H2,1-5H3. The Labute approximate surface area is 113 Å². The topological polar surface area (TPSA) is 0 Å². The molecule has 0 N–H and O–H groups in total. The van der Waals surface area contributed by atoms with Crippen molar-refractivity contribution >= 4 is 14.1 Å². The molecule has 1 heteroatoms. The number of hydrogen-bond donors (Lipinski definition) is 0. The molecule has 1 aromatic carbocycles. The molecule has 0 saturated carbocycles. The molecule has 0 heterocycles. The molecule has 0 radical (unpaired) electrons. The average Bonchev–Trinajstić information content (AvgIpc) is 2.30. The molecule has 0 aliphatic carbocycles. The molecule has 0 nitrogen and oxygen atoms in total. The Morgan fingerprint density at radius 1 is 1.17 bits per heavy atom. The van der Waals surface area contributed by atoms with Crippen molar-refractivity contribution in [3.63, 3.8) is 0 Å². The Morgan fingerprint density at radius 3 is 2.28 bits per heavy atom. The van der Waals surface area contributed by atoms with Crippen LogP contribution in [0.5, 0.6) is 0 Å². The zero-order chi connectivity index (χ0) is 13.6. The zero-order valence-corrected chi connectivity index (χ0v) is 13.5. The first-order valence-electron chi connectivity index (χ1n) is 6.96. The first-order chi connectivity index (χ1) is 8.43. The second kappa shape index (κ2) is 6.77. The van der Waals surface area contributed by atoms with Crippen molar-refractivity contribution in [3.8, 4) is 0 Å². The third-order valence-electron chi connectivity index (χ3n) is 3.18. The van der Waals surface area contributed by atoms with E-state index in [2.05, 4.69) is 69.6 Å². The number of benzene rings is 1. The van der Waals surface area contributed by atoms with Gasteiger partial charge in [-0.15, -0.1) is 5.73 Å². The highest BCUT2D eigenvalue weighted by Gasteiger charge is 2.18. The maximum Gasteiger partial charge on any atom is 0.0823 e. The van der Waals surface area contributed by atoms with Crippen LogP contribution in [-0.2, 0) is 0 Å². The summed E-state index contributed by atoms with van der Waals surface area (Å²) >= 11 is 0. The van der Waals surface area contributed by atoms with Crippen LogP contribution in [0.3, 0.4) is 0 Å². The van der Waals surface area contributed by atoms with E-state index in [1.165, 1.54) is 30.4 Å². The highest BCUT2D eigenvalue weighted by atomic mass is 28.3. The second-order valence-corrected chi connectivity index (χ2v) is 11.1. The van der Waals surface area contributed by atoms with Crippen LogP contribution in [0.2, 0.25) is 19.6 Å². The van der Waals surface area contributed by atoms with Gasteiger partial charge in [-0.1, -0.05) is 62.8 Å². The van der Waals surface area contributed by atoms with E-state index in [1.807, 2.05) is 0 Å². The van der Waals surface area contributed by atoms with E-state index in [-0.39, 0.29) is 0 Å². The van der Waals surface area contributed by atoms with E-state index >= 15 is 0 Å². The summed E-state index contributed by atoms with van der Waals surface area (Å²) in [4.78, 5) is 0. The molecule has 1 aromatic rings. The largest absolute Gasteiger partial charge is 0.126 e. The van der Waals surface area contributed by atoms with Crippen molar-refractivity contribution in [2.45, 2.75) is 52.8 Å². The molecule has 0 fully saturated rings. The Kier molecular flexibility index (Phi) is 5.65. The quantitative estimate of drug-likeness (QED) is 0.476. The molecule has 1 rings (SSSR count). The van der Waals surface area contributed by atoms with Crippen LogP contribution in [0.15, 0.2) is 35.2 Å². The monoisotopic (exact) mass is 258 g/mol. The third kappa shape index (κ3) is 5.08. The first kappa shape index (κ1) is 15.0. The number of aryl methyl sites for hydroxylation is 1. The summed E-state index contributed by atoms with van der Waals surface area (Å²) in [5, 5.41) is 1.56. The van der Waals surface area contributed by atoms with Gasteiger partial charge >= 0.3 is 0 Å². The maximum atomic E-state index is 3.58. The van der Waals surface area contributed by atoms with Gasteiger partial charge in [-0.05, 0) is 36.6 Å². The normalized spacial score (nSPS) is 10.9. The summed E-state index contributed by atoms with van der Waals surface area (Å²) < 4.78 is 0. The van der Waals surface area contributed by atoms with Crippen LogP contribution in [0.25, 0.3) is 6.08 Å². The van der Waals surface area contributed by atoms with Crippen LogP contribution in [0, 0.1) is 6.92 Å². The molecular weight excluding hydrogens is 232 g/mol. The first-order valence-corrected chi connectivity index (χ1v) is 10.5. The van der Waals surface area contributed by atoms with Crippen molar-refractivity contribution < 1.29 is 0 Å². The highest BCUT2D eigenvalue weighted by molar-refractivity contribution is 6.83. The van der Waals surface area contributed by atoms with Gasteiger partial charge in [0.05, 0.1) is 8.07 Å². The molecule has 0 aromatic heterocycles. The van der Waals surface area contributed by atoms with Crippen molar-refractivity contribution in [1.82, 2.24) is 0 Å². The number of allylic oxidation sites excluding steroid dienone is 1. The maximum absolute atomic E-state index is 3.58. The summed E-state index contributed by atoms with van der Waals surface area (Å²) in [6, 6.07) is 8.66. The molecule has 0 aliphatic rings. The van der Waals surface area contributed by atoms with Crippen molar-refractivity contribution in [1.29, 1.82) is 0 Å². The van der Waals surface area contributed by atoms with Crippen molar-refractivity contribution in [3.05, 3.63) is 46.3 Å². The summed E-state index contributed by atoms with van der Waals surface area (Å²) in [6.45, 7) is 11.6. The molecule has 0 bridgehead atoms. The summed E-state index contributed by atoms with van der Waals surface area (Å²) in [5.41, 5.74) is 6.15. The van der Waals surface area contributed by atoms with E-state index in [0.717, 1.165) is 0 Å². The van der Waals surface area contributed by atoms with Crippen molar-refractivity contribution in [2.24, 2.45) is 0 Å². The molecule has 0 saturated heterocycles. The minimum absolute atomic E-state index is 1.21. The second-order valence-electron chi connectivity index (χ2n) is 6.03. The average molecular weight is 258 g/mol. The van der Waals surface area contributed by atoms with Gasteiger partial charge in [-0.2, -0.15) is 0 Å². The predicted octanol–water partition coefficient (Wildman–Crippen LogP) is 5.60. The Morgan fingerprint density at radius 2 is 1.78 bits per heavy atom. The van der Waals surface area contributed by atoms with Gasteiger partial charge in [0.15, 0.2) is 0 Å². The minimum Gasteiger partial charge on any atom is -0.126 e. The summed E-state index contributed by atoms with van der Waals surface area (Å²) in [5.74, 6) is 0. The van der Waals surface area contributed by atoms with Crippen molar-refractivity contribution in [2.75, 3.05) is 0 Å². The fourth-order valence-electron chi connectivity index (χ4n) is 1.85. The smallest absolute Gasteiger partial charge is 0.0823 e. The van der Waals surface area contributed by atoms with Gasteiger partial charge in [-0.25, -0.2) is 0 Å². The molecule has 0 unspecified atom stereocenters. The summed E-state index contributed by atoms with van der Waals surface area (Å²) in [7, 11) is -1.21. The van der Waals surface area contributed by atoms with Gasteiger partial charge in [-0.3, -0.25) is 0 Å². The van der Waals surface area contributed by atoms with Crippen LogP contribution < -0.4 is 0 Å². The van der Waals surface area contributed by atoms with E-state index in [4.69, 9.17) is 0 Å².